The van der Waals surface area contributed by atoms with Crippen molar-refractivity contribution in [2.75, 3.05) is 11.9 Å². The summed E-state index contributed by atoms with van der Waals surface area (Å²) >= 11 is 16.1. The molecule has 6 heteroatoms. The predicted molar refractivity (Wildman–Crippen MR) is 141 cm³/mol. The normalized spacial score (nSPS) is 21.3. The Hall–Kier alpha value is -1.72. The summed E-state index contributed by atoms with van der Waals surface area (Å²) in [5.41, 5.74) is 6.62. The van der Waals surface area contributed by atoms with Gasteiger partial charge in [-0.2, -0.15) is 4.57 Å². The number of benzene rings is 2. The van der Waals surface area contributed by atoms with Crippen molar-refractivity contribution in [3.05, 3.63) is 79.3 Å². The third kappa shape index (κ3) is 4.03. The summed E-state index contributed by atoms with van der Waals surface area (Å²) in [5, 5.41) is 4.07. The van der Waals surface area contributed by atoms with Gasteiger partial charge in [0.25, 0.3) is 5.01 Å². The fraction of sp³-hybridized carbons (Fsp3) is 0.269. The molecule has 1 unspecified atom stereocenters. The third-order valence-electron chi connectivity index (χ3n) is 6.35. The highest BCUT2D eigenvalue weighted by Gasteiger charge is 2.26. The summed E-state index contributed by atoms with van der Waals surface area (Å²) in [6, 6.07) is 12.3. The molecule has 2 heterocycles. The highest BCUT2D eigenvalue weighted by Crippen LogP contribution is 2.47. The maximum atomic E-state index is 6.24. The summed E-state index contributed by atoms with van der Waals surface area (Å²) in [5.74, 6) is 0.611. The Morgan fingerprint density at radius 1 is 1.06 bits per heavy atom. The largest absolute Gasteiger partial charge is 0.338 e. The van der Waals surface area contributed by atoms with Crippen molar-refractivity contribution in [3.63, 3.8) is 0 Å². The van der Waals surface area contributed by atoms with Gasteiger partial charge in [0.15, 0.2) is 0 Å². The Kier molecular flexibility index (Phi) is 5.91. The highest BCUT2D eigenvalue weighted by atomic mass is 35.5. The van der Waals surface area contributed by atoms with Crippen LogP contribution in [0.3, 0.4) is 0 Å². The van der Waals surface area contributed by atoms with Gasteiger partial charge < -0.3 is 4.90 Å². The zero-order valence-corrected chi connectivity index (χ0v) is 21.7. The zero-order chi connectivity index (χ0) is 22.6. The number of thioether (sulfide) groups is 1. The number of fused-ring (bicyclic) bond motifs is 2. The Labute approximate surface area is 207 Å². The molecule has 0 N–H and O–H groups in total. The fourth-order valence-corrected chi connectivity index (χ4v) is 7.03. The van der Waals surface area contributed by atoms with E-state index in [1.807, 2.05) is 35.2 Å². The molecular weight excluding hydrogens is 475 g/mol. The van der Waals surface area contributed by atoms with Crippen LogP contribution in [0.5, 0.6) is 0 Å². The van der Waals surface area contributed by atoms with E-state index in [0.29, 0.717) is 5.92 Å². The summed E-state index contributed by atoms with van der Waals surface area (Å²) < 4.78 is 3.52. The summed E-state index contributed by atoms with van der Waals surface area (Å²) in [6.07, 6.45) is 6.96. The van der Waals surface area contributed by atoms with E-state index in [9.17, 15) is 0 Å². The van der Waals surface area contributed by atoms with Gasteiger partial charge in [0, 0.05) is 34.1 Å². The molecule has 0 spiro atoms. The Balaban J connectivity index is 1.53. The number of aromatic nitrogens is 1. The summed E-state index contributed by atoms with van der Waals surface area (Å²) in [6.45, 7) is 4.63. The van der Waals surface area contributed by atoms with Crippen LogP contribution >= 0.6 is 46.3 Å². The number of anilines is 1. The lowest BCUT2D eigenvalue weighted by Crippen LogP contribution is -2.29. The molecule has 0 fully saturated rings. The van der Waals surface area contributed by atoms with Crippen LogP contribution < -0.4 is 9.47 Å². The molecule has 0 radical (unpaired) electrons. The van der Waals surface area contributed by atoms with Crippen LogP contribution in [0.2, 0.25) is 10.0 Å². The number of halogens is 2. The first-order valence-corrected chi connectivity index (χ1v) is 13.1. The molecule has 0 saturated carbocycles. The average Bonchev–Trinajstić information content (AvgIpc) is 3.22. The van der Waals surface area contributed by atoms with Crippen LogP contribution in [0.1, 0.15) is 31.7 Å². The molecule has 0 bridgehead atoms. The molecule has 1 aliphatic heterocycles. The predicted octanol–water partition coefficient (Wildman–Crippen LogP) is 8.25. The molecule has 2 aromatic carbocycles. The minimum absolute atomic E-state index is 0.611. The van der Waals surface area contributed by atoms with E-state index >= 15 is 0 Å². The van der Waals surface area contributed by atoms with Crippen molar-refractivity contribution in [3.8, 4) is 0 Å². The number of thiazole rings is 1. The van der Waals surface area contributed by atoms with Crippen molar-refractivity contribution >= 4 is 68.3 Å². The molecule has 5 rings (SSSR count). The monoisotopic (exact) mass is 499 g/mol. The van der Waals surface area contributed by atoms with Gasteiger partial charge in [-0.25, -0.2) is 0 Å². The molecular formula is C26H25Cl2N2S2+. The standard InChI is InChI=1S/C26H25Cl2N2S2/c1-15-9-17(11-25-29(3)21-13-19(27)5-7-23(21)31-25)16(2)18(10-15)12-26-30(4)22-14-20(28)6-8-24(22)32-26/h5-8,11-15H,9-10H2,1-4H3/q+1. The second-order valence-corrected chi connectivity index (χ2v) is 11.7. The molecule has 1 aliphatic carbocycles. The van der Waals surface area contributed by atoms with E-state index in [1.54, 1.807) is 0 Å². The van der Waals surface area contributed by atoms with Crippen LogP contribution in [-0.4, -0.2) is 7.05 Å². The van der Waals surface area contributed by atoms with Crippen molar-refractivity contribution in [2.24, 2.45) is 13.0 Å². The van der Waals surface area contributed by atoms with E-state index in [1.165, 1.54) is 47.6 Å². The molecule has 2 aliphatic rings. The lowest BCUT2D eigenvalue weighted by atomic mass is 9.81. The number of hydrogen-bond donors (Lipinski definition) is 0. The lowest BCUT2D eigenvalue weighted by Gasteiger charge is -2.25. The van der Waals surface area contributed by atoms with E-state index in [4.69, 9.17) is 23.2 Å². The first-order valence-electron chi connectivity index (χ1n) is 10.7. The van der Waals surface area contributed by atoms with Gasteiger partial charge in [-0.1, -0.05) is 53.2 Å². The van der Waals surface area contributed by atoms with Gasteiger partial charge in [0.05, 0.1) is 10.7 Å². The van der Waals surface area contributed by atoms with Crippen LogP contribution in [0.15, 0.2) is 69.1 Å². The SMILES string of the molecule is CC1=C(/C=C2\Sc3ccc(Cl)cc3N2C)CC(C)C/C1=C\c1sc2ccc(Cl)cc2[n+]1C. The molecule has 164 valence electrons. The van der Waals surface area contributed by atoms with Gasteiger partial charge in [-0.15, -0.1) is 0 Å². The molecule has 1 aromatic heterocycles. The molecule has 0 amide bonds. The highest BCUT2D eigenvalue weighted by molar-refractivity contribution is 8.03. The van der Waals surface area contributed by atoms with Crippen LogP contribution in [0.25, 0.3) is 16.3 Å². The van der Waals surface area contributed by atoms with Gasteiger partial charge in [0.2, 0.25) is 5.52 Å². The third-order valence-corrected chi connectivity index (χ3v) is 9.15. The molecule has 2 nitrogen and oxygen atoms in total. The number of rotatable bonds is 2. The van der Waals surface area contributed by atoms with Gasteiger partial charge in [0.1, 0.15) is 11.7 Å². The van der Waals surface area contributed by atoms with Crippen LogP contribution in [0, 0.1) is 5.92 Å². The van der Waals surface area contributed by atoms with E-state index in [-0.39, 0.29) is 0 Å². The first-order chi connectivity index (χ1) is 15.3. The number of hydrogen-bond acceptors (Lipinski definition) is 3. The molecule has 1 atom stereocenters. The molecule has 3 aromatic rings. The van der Waals surface area contributed by atoms with Crippen molar-refractivity contribution in [2.45, 2.75) is 31.6 Å². The Morgan fingerprint density at radius 3 is 2.62 bits per heavy atom. The van der Waals surface area contributed by atoms with E-state index in [0.717, 1.165) is 22.9 Å². The van der Waals surface area contributed by atoms with E-state index < -0.39 is 0 Å². The number of allylic oxidation sites excluding steroid dienone is 4. The smallest absolute Gasteiger partial charge is 0.262 e. The fourth-order valence-electron chi connectivity index (χ4n) is 4.50. The second kappa shape index (κ2) is 8.57. The van der Waals surface area contributed by atoms with E-state index in [2.05, 4.69) is 73.8 Å². The lowest BCUT2D eigenvalue weighted by molar-refractivity contribution is -0.642. The van der Waals surface area contributed by atoms with Crippen LogP contribution in [-0.2, 0) is 7.05 Å². The van der Waals surface area contributed by atoms with Gasteiger partial charge in [-0.05, 0) is 78.8 Å². The maximum absolute atomic E-state index is 6.24. The Bertz CT molecular complexity index is 1330. The Morgan fingerprint density at radius 2 is 1.81 bits per heavy atom. The van der Waals surface area contributed by atoms with Crippen molar-refractivity contribution < 1.29 is 4.57 Å². The average molecular weight is 501 g/mol. The molecule has 0 saturated heterocycles. The first kappa shape index (κ1) is 22.1. The second-order valence-electron chi connectivity index (χ2n) is 8.70. The molecule has 32 heavy (non-hydrogen) atoms. The minimum Gasteiger partial charge on any atom is -0.338 e. The van der Waals surface area contributed by atoms with Crippen molar-refractivity contribution in [1.82, 2.24) is 0 Å². The summed E-state index contributed by atoms with van der Waals surface area (Å²) in [4.78, 5) is 3.52. The van der Waals surface area contributed by atoms with Crippen LogP contribution in [0.4, 0.5) is 5.69 Å². The zero-order valence-electron chi connectivity index (χ0n) is 18.6. The van der Waals surface area contributed by atoms with Gasteiger partial charge in [-0.3, -0.25) is 0 Å². The quantitative estimate of drug-likeness (QED) is 0.327. The van der Waals surface area contributed by atoms with Gasteiger partial charge >= 0.3 is 0 Å². The topological polar surface area (TPSA) is 7.12 Å². The van der Waals surface area contributed by atoms with Crippen molar-refractivity contribution in [1.29, 1.82) is 0 Å². The summed E-state index contributed by atoms with van der Waals surface area (Å²) in [7, 11) is 4.25. The maximum Gasteiger partial charge on any atom is 0.262 e. The minimum atomic E-state index is 0.611. The number of aryl methyl sites for hydroxylation is 1. The number of nitrogens with zero attached hydrogens (tertiary/aromatic N) is 2.